The zero-order valence-corrected chi connectivity index (χ0v) is 25.5. The molecule has 2 nitrogen and oxygen atoms in total. The van der Waals surface area contributed by atoms with Crippen LogP contribution in [0.1, 0.15) is 0 Å². The van der Waals surface area contributed by atoms with E-state index < -0.39 is 0 Å². The molecule has 0 saturated heterocycles. The van der Waals surface area contributed by atoms with E-state index in [-0.39, 0.29) is 0 Å². The fraction of sp³-hybridized carbons (Fsp3) is 0.0455. The molecule has 0 saturated carbocycles. The molecule has 0 amide bonds. The number of anilines is 5. The lowest BCUT2D eigenvalue weighted by Crippen LogP contribution is -2.27. The first-order valence-corrected chi connectivity index (χ1v) is 16.0. The summed E-state index contributed by atoms with van der Waals surface area (Å²) in [6.45, 7) is 0. The van der Waals surface area contributed by atoms with Gasteiger partial charge in [-0.1, -0.05) is 134 Å². The Labute approximate surface area is 271 Å². The summed E-state index contributed by atoms with van der Waals surface area (Å²) < 4.78 is 0. The molecule has 0 N–H and O–H groups in total. The van der Waals surface area contributed by atoms with Gasteiger partial charge in [-0.25, -0.2) is 0 Å². The van der Waals surface area contributed by atoms with Gasteiger partial charge in [0, 0.05) is 45.7 Å². The average Bonchev–Trinajstić information content (AvgIpc) is 3.14. The highest BCUT2D eigenvalue weighted by Gasteiger charge is 2.28. The highest BCUT2D eigenvalue weighted by molar-refractivity contribution is 5.99. The van der Waals surface area contributed by atoms with Crippen molar-refractivity contribution in [2.75, 3.05) is 9.80 Å². The number of rotatable bonds is 7. The van der Waals surface area contributed by atoms with Gasteiger partial charge in [0.1, 0.15) is 0 Å². The van der Waals surface area contributed by atoms with Crippen LogP contribution in [-0.2, 0) is 0 Å². The van der Waals surface area contributed by atoms with Gasteiger partial charge in [-0.15, -0.1) is 0 Å². The van der Waals surface area contributed by atoms with E-state index in [2.05, 4.69) is 204 Å². The van der Waals surface area contributed by atoms with E-state index in [9.17, 15) is 0 Å². The molecular weight excluding hydrogens is 556 g/mol. The maximum atomic E-state index is 2.40. The van der Waals surface area contributed by atoms with Gasteiger partial charge in [0.2, 0.25) is 0 Å². The van der Waals surface area contributed by atoms with E-state index in [0.717, 1.165) is 22.7 Å². The molecule has 46 heavy (non-hydrogen) atoms. The number of hydrogen-bond donors (Lipinski definition) is 0. The van der Waals surface area contributed by atoms with Crippen molar-refractivity contribution in [2.24, 2.45) is 11.8 Å². The minimum absolute atomic E-state index is 0.303. The van der Waals surface area contributed by atoms with Crippen molar-refractivity contribution in [3.05, 3.63) is 200 Å². The number of fused-ring (bicyclic) bond motifs is 2. The van der Waals surface area contributed by atoms with Gasteiger partial charge in [0.05, 0.1) is 5.69 Å². The van der Waals surface area contributed by atoms with Crippen molar-refractivity contribution in [1.29, 1.82) is 0 Å². The molecule has 0 heterocycles. The molecule has 2 heteroatoms. The van der Waals surface area contributed by atoms with Crippen molar-refractivity contribution in [1.82, 2.24) is 0 Å². The summed E-state index contributed by atoms with van der Waals surface area (Å²) in [5.74, 6) is 0.676. The molecule has 0 spiro atoms. The topological polar surface area (TPSA) is 6.48 Å². The summed E-state index contributed by atoms with van der Waals surface area (Å²) in [4.78, 5) is 4.75. The van der Waals surface area contributed by atoms with Crippen molar-refractivity contribution >= 4 is 39.2 Å². The minimum Gasteiger partial charge on any atom is -0.314 e. The van der Waals surface area contributed by atoms with E-state index in [0.29, 0.717) is 11.8 Å². The average molecular weight is 591 g/mol. The van der Waals surface area contributed by atoms with E-state index in [1.165, 1.54) is 33.3 Å². The van der Waals surface area contributed by atoms with Crippen LogP contribution in [-0.4, -0.2) is 0 Å². The number of nitrogens with zero attached hydrogens (tertiary/aromatic N) is 2. The first-order chi connectivity index (χ1) is 22.8. The largest absolute Gasteiger partial charge is 0.314 e. The van der Waals surface area contributed by atoms with Crippen LogP contribution in [0.15, 0.2) is 200 Å². The van der Waals surface area contributed by atoms with Gasteiger partial charge >= 0.3 is 0 Å². The molecule has 8 rings (SSSR count). The van der Waals surface area contributed by atoms with Crippen LogP contribution < -0.4 is 9.80 Å². The molecule has 2 unspecified atom stereocenters. The number of benzene rings is 6. The third-order valence-corrected chi connectivity index (χ3v) is 9.00. The van der Waals surface area contributed by atoms with Crippen LogP contribution in [0.2, 0.25) is 0 Å². The first kappa shape index (κ1) is 27.7. The first-order valence-electron chi connectivity index (χ1n) is 16.0. The summed E-state index contributed by atoms with van der Waals surface area (Å²) in [5.41, 5.74) is 9.40. The summed E-state index contributed by atoms with van der Waals surface area (Å²) in [7, 11) is 0. The predicted octanol–water partition coefficient (Wildman–Crippen LogP) is 11.9. The lowest BCUT2D eigenvalue weighted by Gasteiger charge is -2.36. The Hall–Kier alpha value is -5.86. The van der Waals surface area contributed by atoms with Gasteiger partial charge in [-0.2, -0.15) is 0 Å². The molecule has 0 bridgehead atoms. The predicted molar refractivity (Wildman–Crippen MR) is 195 cm³/mol. The molecule has 6 aromatic rings. The lowest BCUT2D eigenvalue weighted by atomic mass is 9.82. The van der Waals surface area contributed by atoms with Crippen LogP contribution in [0.5, 0.6) is 0 Å². The Bertz CT molecular complexity index is 2080. The van der Waals surface area contributed by atoms with E-state index in [1.54, 1.807) is 0 Å². The maximum absolute atomic E-state index is 2.40. The standard InChI is InChI=1S/C44H34N2/c1-3-17-37(18-4-1)45(43-23-11-15-35-13-7-9-21-41(35)43)39-29-25-33(26-30-39)34-27-31-40(32-28-34)46(38-19-5-2-6-20-38)44-24-12-16-36-14-8-10-22-42(36)44/h1-32,35,41H. The molecule has 2 atom stereocenters. The van der Waals surface area contributed by atoms with Crippen LogP contribution in [0.4, 0.5) is 28.4 Å². The third kappa shape index (κ3) is 5.25. The molecular formula is C44H34N2. The fourth-order valence-corrected chi connectivity index (χ4v) is 6.76. The normalized spacial score (nSPS) is 16.6. The summed E-state index contributed by atoms with van der Waals surface area (Å²) in [5, 5.41) is 2.46. The highest BCUT2D eigenvalue weighted by atomic mass is 15.2. The van der Waals surface area contributed by atoms with Crippen LogP contribution in [0, 0.1) is 11.8 Å². The van der Waals surface area contributed by atoms with Gasteiger partial charge in [-0.3, -0.25) is 0 Å². The second-order valence-electron chi connectivity index (χ2n) is 11.8. The summed E-state index contributed by atoms with van der Waals surface area (Å²) >= 11 is 0. The van der Waals surface area contributed by atoms with Gasteiger partial charge in [-0.05, 0) is 77.2 Å². The molecule has 220 valence electrons. The molecule has 0 fully saturated rings. The minimum atomic E-state index is 0.303. The number of hydrogen-bond acceptors (Lipinski definition) is 2. The Balaban J connectivity index is 1.13. The van der Waals surface area contributed by atoms with E-state index >= 15 is 0 Å². The zero-order chi connectivity index (χ0) is 30.7. The van der Waals surface area contributed by atoms with Crippen molar-refractivity contribution in [2.45, 2.75) is 0 Å². The zero-order valence-electron chi connectivity index (χ0n) is 25.5. The molecule has 0 aliphatic heterocycles. The SMILES string of the molecule is C1=CC2C=CC=C(N(c3ccccc3)c3ccc(-c4ccc(N(c5ccccc5)c5cccc6ccccc56)cc4)cc3)C2C=C1. The molecule has 0 aromatic heterocycles. The van der Waals surface area contributed by atoms with Gasteiger partial charge in [0.15, 0.2) is 0 Å². The van der Waals surface area contributed by atoms with Gasteiger partial charge in [0.25, 0.3) is 0 Å². The molecule has 0 radical (unpaired) electrons. The van der Waals surface area contributed by atoms with E-state index in [1.807, 2.05) is 0 Å². The smallest absolute Gasteiger partial charge is 0.0540 e. The summed E-state index contributed by atoms with van der Waals surface area (Å²) in [6, 6.07) is 54.3. The number of para-hydroxylation sites is 2. The molecule has 2 aliphatic rings. The van der Waals surface area contributed by atoms with Gasteiger partial charge < -0.3 is 9.80 Å². The maximum Gasteiger partial charge on any atom is 0.0540 e. The monoisotopic (exact) mass is 590 g/mol. The number of allylic oxidation sites excluding steroid dienone is 7. The fourth-order valence-electron chi connectivity index (χ4n) is 6.76. The molecule has 2 aliphatic carbocycles. The van der Waals surface area contributed by atoms with Crippen molar-refractivity contribution in [3.63, 3.8) is 0 Å². The van der Waals surface area contributed by atoms with Crippen LogP contribution >= 0.6 is 0 Å². The van der Waals surface area contributed by atoms with Crippen LogP contribution in [0.3, 0.4) is 0 Å². The van der Waals surface area contributed by atoms with E-state index in [4.69, 9.17) is 0 Å². The Morgan fingerprint density at radius 2 is 0.913 bits per heavy atom. The Morgan fingerprint density at radius 1 is 0.391 bits per heavy atom. The quantitative estimate of drug-likeness (QED) is 0.182. The second kappa shape index (κ2) is 12.3. The Kier molecular flexibility index (Phi) is 7.38. The van der Waals surface area contributed by atoms with Crippen molar-refractivity contribution in [3.8, 4) is 11.1 Å². The van der Waals surface area contributed by atoms with Crippen LogP contribution in [0.25, 0.3) is 21.9 Å². The summed E-state index contributed by atoms with van der Waals surface area (Å²) in [6.07, 6.45) is 15.7. The molecule has 6 aromatic carbocycles. The van der Waals surface area contributed by atoms with Crippen molar-refractivity contribution < 1.29 is 0 Å². The second-order valence-corrected chi connectivity index (χ2v) is 11.8. The Morgan fingerprint density at radius 3 is 1.61 bits per heavy atom. The third-order valence-electron chi connectivity index (χ3n) is 9.00. The lowest BCUT2D eigenvalue weighted by molar-refractivity contribution is 0.612. The highest BCUT2D eigenvalue weighted by Crippen LogP contribution is 2.42.